The van der Waals surface area contributed by atoms with E-state index in [0.717, 1.165) is 9.88 Å². The molecule has 12 heteroatoms. The van der Waals surface area contributed by atoms with Crippen molar-refractivity contribution in [1.29, 1.82) is 0 Å². The molecule has 4 rings (SSSR count). The Labute approximate surface area is 187 Å². The van der Waals surface area contributed by atoms with Gasteiger partial charge in [0.1, 0.15) is 17.2 Å². The van der Waals surface area contributed by atoms with Gasteiger partial charge in [0, 0.05) is 30.2 Å². The first-order valence-electron chi connectivity index (χ1n) is 9.41. The number of pyridine rings is 1. The van der Waals surface area contributed by atoms with Gasteiger partial charge in [-0.25, -0.2) is 18.9 Å². The number of rotatable bonds is 5. The molecule has 0 spiro atoms. The average molecular weight is 481 g/mol. The number of H-pyrrole nitrogens is 1. The van der Waals surface area contributed by atoms with Crippen LogP contribution in [-0.4, -0.2) is 54.1 Å². The van der Waals surface area contributed by atoms with E-state index >= 15 is 0 Å². The molecule has 0 fully saturated rings. The molecule has 3 N–H and O–H groups in total. The zero-order chi connectivity index (χ0) is 23.0. The topological polar surface area (TPSA) is 125 Å². The van der Waals surface area contributed by atoms with E-state index in [0.29, 0.717) is 45.0 Å². The molecule has 2 aromatic heterocycles. The van der Waals surface area contributed by atoms with Gasteiger partial charge in [-0.15, -0.1) is 0 Å². The van der Waals surface area contributed by atoms with Crippen molar-refractivity contribution in [2.24, 2.45) is 0 Å². The summed E-state index contributed by atoms with van der Waals surface area (Å²) < 4.78 is 46.0. The largest absolute Gasteiger partial charge is 0.496 e. The van der Waals surface area contributed by atoms with Gasteiger partial charge in [0.15, 0.2) is 0 Å². The van der Waals surface area contributed by atoms with Gasteiger partial charge >= 0.3 is 16.3 Å². The van der Waals surface area contributed by atoms with Crippen LogP contribution in [0.1, 0.15) is 12.1 Å². The van der Waals surface area contributed by atoms with Crippen molar-refractivity contribution in [3.05, 3.63) is 53.1 Å². The number of benzene rings is 1. The van der Waals surface area contributed by atoms with E-state index < -0.39 is 22.1 Å². The predicted molar refractivity (Wildman–Crippen MR) is 117 cm³/mol. The van der Waals surface area contributed by atoms with E-state index in [1.807, 2.05) is 0 Å². The van der Waals surface area contributed by atoms with Crippen molar-refractivity contribution in [3.63, 3.8) is 0 Å². The second-order valence-corrected chi connectivity index (χ2v) is 9.04. The predicted octanol–water partition coefficient (Wildman–Crippen LogP) is 3.63. The number of nitrogens with one attached hydrogen (secondary N) is 2. The molecule has 1 aliphatic heterocycles. The van der Waals surface area contributed by atoms with Crippen molar-refractivity contribution >= 4 is 44.5 Å². The summed E-state index contributed by atoms with van der Waals surface area (Å²) in [5.74, 6) is 0.0466. The van der Waals surface area contributed by atoms with Crippen LogP contribution < -0.4 is 9.46 Å². The van der Waals surface area contributed by atoms with E-state index in [-0.39, 0.29) is 13.1 Å². The van der Waals surface area contributed by atoms with Crippen molar-refractivity contribution in [3.8, 4) is 16.9 Å². The SMILES string of the molecule is COc1ccc(F)cc1-c1ccnc2[nH]c(C3=CCN(S(=O)(=O)NC(=O)O)CC3)c(Cl)c12. The minimum absolute atomic E-state index is 0.0261. The highest BCUT2D eigenvalue weighted by Crippen LogP contribution is 2.41. The summed E-state index contributed by atoms with van der Waals surface area (Å²) >= 11 is 6.71. The number of halogens is 2. The fourth-order valence-corrected chi connectivity index (χ4v) is 5.00. The van der Waals surface area contributed by atoms with Crippen LogP contribution in [-0.2, 0) is 10.2 Å². The highest BCUT2D eigenvalue weighted by atomic mass is 35.5. The Kier molecular flexibility index (Phi) is 5.80. The smallest absolute Gasteiger partial charge is 0.419 e. The van der Waals surface area contributed by atoms with Gasteiger partial charge < -0.3 is 14.8 Å². The van der Waals surface area contributed by atoms with Crippen molar-refractivity contribution in [1.82, 2.24) is 19.0 Å². The lowest BCUT2D eigenvalue weighted by molar-refractivity contribution is 0.200. The maximum Gasteiger partial charge on any atom is 0.419 e. The third kappa shape index (κ3) is 4.01. The van der Waals surface area contributed by atoms with Crippen LogP contribution in [0.25, 0.3) is 27.7 Å². The standard InChI is InChI=1S/C20H18ClFN4O5S/c1-31-15-3-2-12(22)10-14(15)13-4-7-23-19-16(13)17(21)18(24-19)11-5-8-26(9-6-11)32(29,30)25-20(27)28/h2-5,7,10,25H,6,8-9H2,1H3,(H,23,24)(H,27,28). The van der Waals surface area contributed by atoms with Gasteiger partial charge in [0.25, 0.3) is 0 Å². The minimum Gasteiger partial charge on any atom is -0.496 e. The Morgan fingerprint density at radius 1 is 1.34 bits per heavy atom. The number of ether oxygens (including phenoxy) is 1. The quantitative estimate of drug-likeness (QED) is 0.512. The molecular formula is C20H18ClFN4O5S. The monoisotopic (exact) mass is 480 g/mol. The van der Waals surface area contributed by atoms with Crippen LogP contribution in [0.4, 0.5) is 9.18 Å². The molecule has 0 atom stereocenters. The number of carbonyl (C=O) groups is 1. The first-order chi connectivity index (χ1) is 15.2. The Bertz CT molecular complexity index is 1360. The highest BCUT2D eigenvalue weighted by molar-refractivity contribution is 7.87. The van der Waals surface area contributed by atoms with Crippen LogP contribution in [0.15, 0.2) is 36.5 Å². The molecule has 1 aromatic carbocycles. The van der Waals surface area contributed by atoms with Crippen LogP contribution in [0, 0.1) is 5.82 Å². The summed E-state index contributed by atoms with van der Waals surface area (Å²) in [7, 11) is -2.65. The molecule has 0 unspecified atom stereocenters. The van der Waals surface area contributed by atoms with Gasteiger partial charge in [0.2, 0.25) is 0 Å². The summed E-state index contributed by atoms with van der Waals surface area (Å²) in [5, 5.41) is 9.65. The van der Waals surface area contributed by atoms with Gasteiger partial charge in [-0.2, -0.15) is 12.7 Å². The molecule has 168 valence electrons. The van der Waals surface area contributed by atoms with Crippen molar-refractivity contribution in [2.75, 3.05) is 20.2 Å². The van der Waals surface area contributed by atoms with Gasteiger partial charge in [-0.3, -0.25) is 0 Å². The first-order valence-corrected chi connectivity index (χ1v) is 11.2. The number of fused-ring (bicyclic) bond motifs is 1. The van der Waals surface area contributed by atoms with E-state index in [1.165, 1.54) is 30.0 Å². The lowest BCUT2D eigenvalue weighted by Gasteiger charge is -2.25. The van der Waals surface area contributed by atoms with Gasteiger partial charge in [0.05, 0.1) is 17.8 Å². The molecule has 3 heterocycles. The number of amides is 1. The third-order valence-corrected chi connectivity index (χ3v) is 6.96. The summed E-state index contributed by atoms with van der Waals surface area (Å²) in [4.78, 5) is 18.2. The highest BCUT2D eigenvalue weighted by Gasteiger charge is 2.28. The zero-order valence-corrected chi connectivity index (χ0v) is 18.3. The molecule has 0 saturated heterocycles. The lowest BCUT2D eigenvalue weighted by atomic mass is 10.0. The third-order valence-electron chi connectivity index (χ3n) is 5.13. The molecule has 0 aliphatic carbocycles. The second kappa shape index (κ2) is 8.41. The number of carboxylic acid groups (broad SMARTS) is 1. The van der Waals surface area contributed by atoms with Crippen LogP contribution >= 0.6 is 11.6 Å². The normalized spacial score (nSPS) is 14.9. The molecule has 9 nitrogen and oxygen atoms in total. The number of nitrogens with zero attached hydrogens (tertiary/aromatic N) is 2. The Morgan fingerprint density at radius 3 is 2.78 bits per heavy atom. The lowest BCUT2D eigenvalue weighted by Crippen LogP contribution is -2.44. The van der Waals surface area contributed by atoms with Gasteiger partial charge in [-0.05, 0) is 41.8 Å². The molecular weight excluding hydrogens is 463 g/mol. The number of methoxy groups -OCH3 is 1. The summed E-state index contributed by atoms with van der Waals surface area (Å²) in [6, 6.07) is 5.90. The van der Waals surface area contributed by atoms with Crippen LogP contribution in [0.5, 0.6) is 5.75 Å². The molecule has 0 bridgehead atoms. The number of aromatic nitrogens is 2. The van der Waals surface area contributed by atoms with Crippen LogP contribution in [0.3, 0.4) is 0 Å². The second-order valence-electron chi connectivity index (χ2n) is 6.99. The fourth-order valence-electron chi connectivity index (χ4n) is 3.68. The van der Waals surface area contributed by atoms with E-state index in [1.54, 1.807) is 18.3 Å². The molecule has 32 heavy (non-hydrogen) atoms. The molecule has 1 amide bonds. The maximum atomic E-state index is 14.0. The Hall–Kier alpha value is -3.15. The molecule has 0 radical (unpaired) electrons. The van der Waals surface area contributed by atoms with E-state index in [4.69, 9.17) is 21.4 Å². The summed E-state index contributed by atoms with van der Waals surface area (Å²) in [6.07, 6.45) is 1.87. The van der Waals surface area contributed by atoms with Crippen LogP contribution in [0.2, 0.25) is 5.02 Å². The molecule has 0 saturated carbocycles. The molecule has 1 aliphatic rings. The fraction of sp³-hybridized carbons (Fsp3) is 0.200. The molecule has 3 aromatic rings. The summed E-state index contributed by atoms with van der Waals surface area (Å²) in [5.41, 5.74) is 2.96. The number of aromatic amines is 1. The Balaban J connectivity index is 1.75. The summed E-state index contributed by atoms with van der Waals surface area (Å²) in [6.45, 7) is 0.0415. The van der Waals surface area contributed by atoms with Crippen molar-refractivity contribution < 1.29 is 27.4 Å². The number of hydrogen-bond donors (Lipinski definition) is 3. The Morgan fingerprint density at radius 2 is 2.12 bits per heavy atom. The minimum atomic E-state index is -4.14. The first kappa shape index (κ1) is 22.1. The van der Waals surface area contributed by atoms with E-state index in [2.05, 4.69) is 9.97 Å². The average Bonchev–Trinajstić information content (AvgIpc) is 3.09. The van der Waals surface area contributed by atoms with Gasteiger partial charge in [-0.1, -0.05) is 17.7 Å². The van der Waals surface area contributed by atoms with E-state index in [9.17, 15) is 17.6 Å². The zero-order valence-electron chi connectivity index (χ0n) is 16.7. The maximum absolute atomic E-state index is 14.0. The van der Waals surface area contributed by atoms with Crippen molar-refractivity contribution in [2.45, 2.75) is 6.42 Å². The number of hydrogen-bond acceptors (Lipinski definition) is 5.